The molecule has 1 aromatic rings. The fourth-order valence-electron chi connectivity index (χ4n) is 2.44. The number of hydrogen-bond donors (Lipinski definition) is 1. The van der Waals surface area contributed by atoms with Gasteiger partial charge in [0.15, 0.2) is 0 Å². The molecular formula is C14H23N3. The Kier molecular flexibility index (Phi) is 4.02. The smallest absolute Gasteiger partial charge is 0.0317 e. The Morgan fingerprint density at radius 3 is 2.88 bits per heavy atom. The van der Waals surface area contributed by atoms with E-state index >= 15 is 0 Å². The lowest BCUT2D eigenvalue weighted by atomic mass is 9.99. The summed E-state index contributed by atoms with van der Waals surface area (Å²) in [5.41, 5.74) is 9.62. The van der Waals surface area contributed by atoms with Crippen molar-refractivity contribution in [2.45, 2.75) is 19.4 Å². The zero-order chi connectivity index (χ0) is 12.3. The molecule has 0 fully saturated rings. The van der Waals surface area contributed by atoms with Gasteiger partial charge in [0.1, 0.15) is 0 Å². The third kappa shape index (κ3) is 3.45. The topological polar surface area (TPSA) is 32.5 Å². The molecule has 1 aliphatic heterocycles. The molecule has 0 aliphatic carbocycles. The van der Waals surface area contributed by atoms with Crippen molar-refractivity contribution < 1.29 is 0 Å². The Labute approximate surface area is 104 Å². The zero-order valence-corrected chi connectivity index (χ0v) is 10.9. The summed E-state index contributed by atoms with van der Waals surface area (Å²) in [7, 11) is 4.26. The quantitative estimate of drug-likeness (QED) is 0.801. The molecule has 0 aromatic heterocycles. The van der Waals surface area contributed by atoms with Crippen LogP contribution in [0.15, 0.2) is 18.2 Å². The van der Waals surface area contributed by atoms with E-state index in [1.54, 1.807) is 0 Å². The van der Waals surface area contributed by atoms with E-state index in [1.165, 1.54) is 37.2 Å². The molecule has 17 heavy (non-hydrogen) atoms. The Bertz CT molecular complexity index is 374. The van der Waals surface area contributed by atoms with Gasteiger partial charge < -0.3 is 10.6 Å². The van der Waals surface area contributed by atoms with Gasteiger partial charge in [0, 0.05) is 18.8 Å². The number of anilines is 1. The average Bonchev–Trinajstić information content (AvgIpc) is 2.28. The average molecular weight is 233 g/mol. The first-order chi connectivity index (χ1) is 8.15. The lowest BCUT2D eigenvalue weighted by Gasteiger charge is -2.29. The minimum absolute atomic E-state index is 0.888. The fourth-order valence-corrected chi connectivity index (χ4v) is 2.44. The van der Waals surface area contributed by atoms with E-state index in [9.17, 15) is 0 Å². The third-order valence-corrected chi connectivity index (χ3v) is 3.40. The molecule has 1 aromatic carbocycles. The molecule has 2 N–H and O–H groups in total. The molecule has 0 bridgehead atoms. The van der Waals surface area contributed by atoms with Crippen LogP contribution in [0.3, 0.4) is 0 Å². The molecule has 0 saturated carbocycles. The Morgan fingerprint density at radius 1 is 1.29 bits per heavy atom. The van der Waals surface area contributed by atoms with Crippen LogP contribution in [0.1, 0.15) is 17.5 Å². The van der Waals surface area contributed by atoms with Gasteiger partial charge in [-0.25, -0.2) is 0 Å². The molecule has 3 nitrogen and oxygen atoms in total. The summed E-state index contributed by atoms with van der Waals surface area (Å²) in [6.45, 7) is 4.60. The van der Waals surface area contributed by atoms with Gasteiger partial charge in [0.05, 0.1) is 0 Å². The highest BCUT2D eigenvalue weighted by molar-refractivity contribution is 5.45. The molecule has 1 aliphatic rings. The van der Waals surface area contributed by atoms with Gasteiger partial charge in [0.2, 0.25) is 0 Å². The standard InChI is InChI=1S/C14H23N3/c1-16(2)7-3-8-17-9-6-12-4-5-14(15)10-13(12)11-17/h4-5,10H,3,6-9,11,15H2,1-2H3. The van der Waals surface area contributed by atoms with E-state index in [0.29, 0.717) is 0 Å². The molecule has 1 heterocycles. The second-order valence-electron chi connectivity index (χ2n) is 5.21. The molecule has 0 radical (unpaired) electrons. The molecular weight excluding hydrogens is 210 g/mol. The molecule has 0 unspecified atom stereocenters. The van der Waals surface area contributed by atoms with E-state index < -0.39 is 0 Å². The van der Waals surface area contributed by atoms with Crippen molar-refractivity contribution in [2.24, 2.45) is 0 Å². The van der Waals surface area contributed by atoms with Crippen molar-refractivity contribution in [1.29, 1.82) is 0 Å². The number of nitrogen functional groups attached to an aromatic ring is 1. The van der Waals surface area contributed by atoms with Crippen LogP contribution in [0.25, 0.3) is 0 Å². The first-order valence-electron chi connectivity index (χ1n) is 6.39. The highest BCUT2D eigenvalue weighted by Crippen LogP contribution is 2.21. The van der Waals surface area contributed by atoms with Gasteiger partial charge in [-0.15, -0.1) is 0 Å². The molecule has 3 heteroatoms. The lowest BCUT2D eigenvalue weighted by molar-refractivity contribution is 0.238. The predicted octanol–water partition coefficient (Wildman–Crippen LogP) is 1.58. The Hall–Kier alpha value is -1.06. The summed E-state index contributed by atoms with van der Waals surface area (Å²) in [6.07, 6.45) is 2.40. The molecule has 2 rings (SSSR count). The molecule has 0 saturated heterocycles. The minimum atomic E-state index is 0.888. The number of nitrogens with zero attached hydrogens (tertiary/aromatic N) is 2. The van der Waals surface area contributed by atoms with Crippen molar-refractivity contribution >= 4 is 5.69 Å². The number of nitrogens with two attached hydrogens (primary N) is 1. The van der Waals surface area contributed by atoms with Gasteiger partial charge in [-0.1, -0.05) is 6.07 Å². The summed E-state index contributed by atoms with van der Waals surface area (Å²) < 4.78 is 0. The molecule has 94 valence electrons. The first kappa shape index (κ1) is 12.4. The fraction of sp³-hybridized carbons (Fsp3) is 0.571. The predicted molar refractivity (Wildman–Crippen MR) is 73.0 cm³/mol. The van der Waals surface area contributed by atoms with Crippen LogP contribution < -0.4 is 5.73 Å². The summed E-state index contributed by atoms with van der Waals surface area (Å²) in [5, 5.41) is 0. The largest absolute Gasteiger partial charge is 0.399 e. The lowest BCUT2D eigenvalue weighted by Crippen LogP contribution is -2.32. The number of fused-ring (bicyclic) bond motifs is 1. The second kappa shape index (κ2) is 5.52. The maximum absolute atomic E-state index is 5.84. The highest BCUT2D eigenvalue weighted by Gasteiger charge is 2.15. The van der Waals surface area contributed by atoms with Crippen LogP contribution in [0.2, 0.25) is 0 Å². The van der Waals surface area contributed by atoms with Gasteiger partial charge in [-0.2, -0.15) is 0 Å². The summed E-state index contributed by atoms with van der Waals surface area (Å²) in [4.78, 5) is 4.78. The van der Waals surface area contributed by atoms with Gasteiger partial charge >= 0.3 is 0 Å². The van der Waals surface area contributed by atoms with Gasteiger partial charge in [-0.3, -0.25) is 4.90 Å². The van der Waals surface area contributed by atoms with Crippen molar-refractivity contribution in [3.8, 4) is 0 Å². The SMILES string of the molecule is CN(C)CCCN1CCc2ccc(N)cc2C1. The summed E-state index contributed by atoms with van der Waals surface area (Å²) >= 11 is 0. The van der Waals surface area contributed by atoms with E-state index in [1.807, 2.05) is 6.07 Å². The van der Waals surface area contributed by atoms with Crippen molar-refractivity contribution in [3.63, 3.8) is 0 Å². The maximum Gasteiger partial charge on any atom is 0.0317 e. The van der Waals surface area contributed by atoms with Crippen molar-refractivity contribution in [1.82, 2.24) is 9.80 Å². The molecule has 0 amide bonds. The van der Waals surface area contributed by atoms with Gasteiger partial charge in [0.25, 0.3) is 0 Å². The molecule has 0 spiro atoms. The third-order valence-electron chi connectivity index (χ3n) is 3.40. The minimum Gasteiger partial charge on any atom is -0.399 e. The van der Waals surface area contributed by atoms with Crippen LogP contribution in [0.4, 0.5) is 5.69 Å². The zero-order valence-electron chi connectivity index (χ0n) is 10.9. The van der Waals surface area contributed by atoms with Crippen molar-refractivity contribution in [3.05, 3.63) is 29.3 Å². The highest BCUT2D eigenvalue weighted by atomic mass is 15.1. The van der Waals surface area contributed by atoms with Crippen LogP contribution in [-0.2, 0) is 13.0 Å². The van der Waals surface area contributed by atoms with E-state index in [0.717, 1.165) is 18.7 Å². The number of benzene rings is 1. The van der Waals surface area contributed by atoms with E-state index in [4.69, 9.17) is 5.73 Å². The van der Waals surface area contributed by atoms with Crippen molar-refractivity contribution in [2.75, 3.05) is 39.5 Å². The first-order valence-corrected chi connectivity index (χ1v) is 6.39. The monoisotopic (exact) mass is 233 g/mol. The van der Waals surface area contributed by atoms with Crippen LogP contribution >= 0.6 is 0 Å². The van der Waals surface area contributed by atoms with Crippen LogP contribution in [-0.4, -0.2) is 43.5 Å². The van der Waals surface area contributed by atoms with E-state index in [2.05, 4.69) is 36.0 Å². The normalized spacial score (nSPS) is 16.2. The Morgan fingerprint density at radius 2 is 2.12 bits per heavy atom. The summed E-state index contributed by atoms with van der Waals surface area (Å²) in [5.74, 6) is 0. The van der Waals surface area contributed by atoms with Crippen LogP contribution in [0.5, 0.6) is 0 Å². The van der Waals surface area contributed by atoms with Gasteiger partial charge in [-0.05, 0) is 63.3 Å². The van der Waals surface area contributed by atoms with E-state index in [-0.39, 0.29) is 0 Å². The number of hydrogen-bond acceptors (Lipinski definition) is 3. The second-order valence-corrected chi connectivity index (χ2v) is 5.21. The Balaban J connectivity index is 1.89. The van der Waals surface area contributed by atoms with Crippen LogP contribution in [0, 0.1) is 0 Å². The summed E-state index contributed by atoms with van der Waals surface area (Å²) in [6, 6.07) is 6.33. The molecule has 0 atom stereocenters. The maximum atomic E-state index is 5.84. The number of rotatable bonds is 4.